The third-order valence-electron chi connectivity index (χ3n) is 1.42. The van der Waals surface area contributed by atoms with Gasteiger partial charge >= 0.3 is 5.97 Å². The van der Waals surface area contributed by atoms with Gasteiger partial charge in [0.1, 0.15) is 6.10 Å². The van der Waals surface area contributed by atoms with Crippen LogP contribution in [0.2, 0.25) is 0 Å². The van der Waals surface area contributed by atoms with Gasteiger partial charge in [0.05, 0.1) is 0 Å². The summed E-state index contributed by atoms with van der Waals surface area (Å²) in [4.78, 5) is 10.4. The van der Waals surface area contributed by atoms with E-state index in [0.717, 1.165) is 12.8 Å². The number of rotatable bonds is 1. The minimum atomic E-state index is -0.0307. The van der Waals surface area contributed by atoms with Gasteiger partial charge in [-0.2, -0.15) is 0 Å². The summed E-state index contributed by atoms with van der Waals surface area (Å²) in [5.74, 6) is -0.0307. The summed E-state index contributed by atoms with van der Waals surface area (Å²) in [5.41, 5.74) is 0. The van der Waals surface area contributed by atoms with E-state index in [0.29, 0.717) is 6.42 Å². The molecule has 60 valence electrons. The Labute approximate surface area is 62.6 Å². The molecule has 1 unspecified atom stereocenters. The van der Waals surface area contributed by atoms with Crippen LogP contribution < -0.4 is 0 Å². The van der Waals surface area contributed by atoms with Gasteiger partial charge in [0.25, 0.3) is 0 Å². The summed E-state index contributed by atoms with van der Waals surface area (Å²) in [6.45, 7) is 6.03. The van der Waals surface area contributed by atoms with Gasteiger partial charge in [-0.15, -0.1) is 0 Å². The van der Waals surface area contributed by atoms with Crippen molar-refractivity contribution in [3.05, 3.63) is 0 Å². The Morgan fingerprint density at radius 3 is 2.40 bits per heavy atom. The SMILES string of the molecule is CC.CCC1CCC(=O)O1. The largest absolute Gasteiger partial charge is 0.462 e. The molecule has 0 aromatic rings. The first-order valence-electron chi connectivity index (χ1n) is 4.02. The molecule has 0 amide bonds. The van der Waals surface area contributed by atoms with Gasteiger partial charge in [-0.05, 0) is 12.8 Å². The first-order chi connectivity index (χ1) is 4.83. The minimum Gasteiger partial charge on any atom is -0.462 e. The second kappa shape index (κ2) is 5.27. The van der Waals surface area contributed by atoms with Crippen LogP contribution in [0, 0.1) is 0 Å². The van der Waals surface area contributed by atoms with Crippen LogP contribution in [0.3, 0.4) is 0 Å². The molecule has 0 bridgehead atoms. The predicted octanol–water partition coefficient (Wildman–Crippen LogP) is 2.13. The molecule has 0 saturated carbocycles. The van der Waals surface area contributed by atoms with Crippen LogP contribution in [-0.2, 0) is 9.53 Å². The van der Waals surface area contributed by atoms with Gasteiger partial charge in [0.15, 0.2) is 0 Å². The van der Waals surface area contributed by atoms with Crippen LogP contribution in [0.25, 0.3) is 0 Å². The zero-order chi connectivity index (χ0) is 7.98. The third kappa shape index (κ3) is 2.85. The maximum atomic E-state index is 10.4. The lowest BCUT2D eigenvalue weighted by Crippen LogP contribution is -2.03. The van der Waals surface area contributed by atoms with E-state index in [4.69, 9.17) is 4.74 Å². The van der Waals surface area contributed by atoms with E-state index in [-0.39, 0.29) is 12.1 Å². The molecule has 1 rings (SSSR count). The Hall–Kier alpha value is -0.530. The molecule has 0 aliphatic carbocycles. The first-order valence-corrected chi connectivity index (χ1v) is 4.02. The van der Waals surface area contributed by atoms with Crippen LogP contribution in [-0.4, -0.2) is 12.1 Å². The number of ether oxygens (including phenoxy) is 1. The van der Waals surface area contributed by atoms with E-state index in [1.54, 1.807) is 0 Å². The lowest BCUT2D eigenvalue weighted by Gasteiger charge is -2.01. The summed E-state index contributed by atoms with van der Waals surface area (Å²) in [7, 11) is 0. The third-order valence-corrected chi connectivity index (χ3v) is 1.42. The molecule has 0 radical (unpaired) electrons. The van der Waals surface area contributed by atoms with Crippen LogP contribution in [0.4, 0.5) is 0 Å². The van der Waals surface area contributed by atoms with E-state index in [2.05, 4.69) is 0 Å². The summed E-state index contributed by atoms with van der Waals surface area (Å²) in [6, 6.07) is 0. The monoisotopic (exact) mass is 144 g/mol. The summed E-state index contributed by atoms with van der Waals surface area (Å²) >= 11 is 0. The Kier molecular flexibility index (Phi) is 4.99. The van der Waals surface area contributed by atoms with Crippen molar-refractivity contribution in [1.29, 1.82) is 0 Å². The standard InChI is InChI=1S/C6H10O2.C2H6/c1-2-5-3-4-6(7)8-5;1-2/h5H,2-4H2,1H3;1-2H3. The van der Waals surface area contributed by atoms with Crippen molar-refractivity contribution in [3.8, 4) is 0 Å². The Bertz CT molecular complexity index is 99.4. The lowest BCUT2D eigenvalue weighted by molar-refractivity contribution is -0.141. The lowest BCUT2D eigenvalue weighted by atomic mass is 10.2. The predicted molar refractivity (Wildman–Crippen MR) is 40.8 cm³/mol. The zero-order valence-corrected chi connectivity index (χ0v) is 7.02. The first kappa shape index (κ1) is 9.47. The molecule has 0 N–H and O–H groups in total. The normalized spacial score (nSPS) is 23.1. The highest BCUT2D eigenvalue weighted by atomic mass is 16.5. The molecule has 2 heteroatoms. The minimum absolute atomic E-state index is 0.0307. The fourth-order valence-electron chi connectivity index (χ4n) is 0.870. The number of hydrogen-bond donors (Lipinski definition) is 0. The van der Waals surface area contributed by atoms with E-state index < -0.39 is 0 Å². The molecule has 1 aliphatic heterocycles. The van der Waals surface area contributed by atoms with Gasteiger partial charge in [-0.1, -0.05) is 20.8 Å². The Morgan fingerprint density at radius 1 is 1.60 bits per heavy atom. The smallest absolute Gasteiger partial charge is 0.306 e. The number of esters is 1. The molecule has 0 spiro atoms. The van der Waals surface area contributed by atoms with Gasteiger partial charge in [-0.3, -0.25) is 4.79 Å². The number of cyclic esters (lactones) is 1. The van der Waals surface area contributed by atoms with Gasteiger partial charge in [0, 0.05) is 6.42 Å². The molecule has 10 heavy (non-hydrogen) atoms. The molecule has 0 aromatic heterocycles. The van der Waals surface area contributed by atoms with Crippen LogP contribution in [0.15, 0.2) is 0 Å². The summed E-state index contributed by atoms with van der Waals surface area (Å²) in [6.07, 6.45) is 2.74. The van der Waals surface area contributed by atoms with Crippen molar-refractivity contribution >= 4 is 5.97 Å². The molecule has 1 heterocycles. The molecular weight excluding hydrogens is 128 g/mol. The average Bonchev–Trinajstić information content (AvgIpc) is 2.40. The molecule has 2 nitrogen and oxygen atoms in total. The van der Waals surface area contributed by atoms with E-state index >= 15 is 0 Å². The van der Waals surface area contributed by atoms with Crippen molar-refractivity contribution in [3.63, 3.8) is 0 Å². The van der Waals surface area contributed by atoms with E-state index in [1.807, 2.05) is 20.8 Å². The topological polar surface area (TPSA) is 26.3 Å². The second-order valence-corrected chi connectivity index (χ2v) is 2.06. The van der Waals surface area contributed by atoms with Crippen molar-refractivity contribution in [2.45, 2.75) is 46.1 Å². The van der Waals surface area contributed by atoms with Crippen LogP contribution in [0.1, 0.15) is 40.0 Å². The van der Waals surface area contributed by atoms with Crippen LogP contribution >= 0.6 is 0 Å². The molecule has 1 atom stereocenters. The zero-order valence-electron chi connectivity index (χ0n) is 7.02. The van der Waals surface area contributed by atoms with Crippen molar-refractivity contribution < 1.29 is 9.53 Å². The van der Waals surface area contributed by atoms with Gasteiger partial charge in [-0.25, -0.2) is 0 Å². The van der Waals surface area contributed by atoms with Crippen molar-refractivity contribution in [1.82, 2.24) is 0 Å². The summed E-state index contributed by atoms with van der Waals surface area (Å²) in [5, 5.41) is 0. The molecule has 0 aromatic carbocycles. The van der Waals surface area contributed by atoms with Crippen molar-refractivity contribution in [2.24, 2.45) is 0 Å². The van der Waals surface area contributed by atoms with Crippen molar-refractivity contribution in [2.75, 3.05) is 0 Å². The van der Waals surface area contributed by atoms with E-state index in [1.165, 1.54) is 0 Å². The van der Waals surface area contributed by atoms with Gasteiger partial charge < -0.3 is 4.74 Å². The van der Waals surface area contributed by atoms with E-state index in [9.17, 15) is 4.79 Å². The quantitative estimate of drug-likeness (QED) is 0.527. The Balaban J connectivity index is 0.000000371. The fraction of sp³-hybridized carbons (Fsp3) is 0.875. The molecular formula is C8H16O2. The maximum absolute atomic E-state index is 10.4. The maximum Gasteiger partial charge on any atom is 0.306 e. The highest BCUT2D eigenvalue weighted by Gasteiger charge is 2.20. The van der Waals surface area contributed by atoms with Crippen LogP contribution in [0.5, 0.6) is 0 Å². The second-order valence-electron chi connectivity index (χ2n) is 2.06. The number of carbonyl (C=O) groups is 1. The average molecular weight is 144 g/mol. The molecule has 1 aliphatic rings. The summed E-state index contributed by atoms with van der Waals surface area (Å²) < 4.78 is 4.87. The van der Waals surface area contributed by atoms with Gasteiger partial charge in [0.2, 0.25) is 0 Å². The molecule has 1 fully saturated rings. The number of carbonyl (C=O) groups excluding carboxylic acids is 1. The highest BCUT2D eigenvalue weighted by molar-refractivity contribution is 5.71. The highest BCUT2D eigenvalue weighted by Crippen LogP contribution is 2.15. The molecule has 1 saturated heterocycles. The fourth-order valence-corrected chi connectivity index (χ4v) is 0.870. The Morgan fingerprint density at radius 2 is 2.20 bits per heavy atom. The number of hydrogen-bond acceptors (Lipinski definition) is 2.